The Morgan fingerprint density at radius 1 is 1.26 bits per heavy atom. The van der Waals surface area contributed by atoms with E-state index < -0.39 is 0 Å². The molecule has 1 saturated heterocycles. The van der Waals surface area contributed by atoms with Crippen LogP contribution in [0.2, 0.25) is 0 Å². The number of rotatable bonds is 7. The predicted molar refractivity (Wildman–Crippen MR) is 135 cm³/mol. The van der Waals surface area contributed by atoms with Crippen LogP contribution in [-0.2, 0) is 24.8 Å². The van der Waals surface area contributed by atoms with Crippen molar-refractivity contribution < 1.29 is 4.79 Å². The molecule has 2 fully saturated rings. The number of nitriles is 1. The Bertz CT molecular complexity index is 1340. The smallest absolute Gasteiger partial charge is 0.250 e. The third-order valence-electron chi connectivity index (χ3n) is 7.34. The highest BCUT2D eigenvalue weighted by atomic mass is 16.2. The number of benzene rings is 1. The lowest BCUT2D eigenvalue weighted by molar-refractivity contribution is -0.138. The van der Waals surface area contributed by atoms with Crippen molar-refractivity contribution >= 4 is 16.8 Å². The van der Waals surface area contributed by atoms with Crippen LogP contribution >= 0.6 is 0 Å². The number of fused-ring (bicyclic) bond motifs is 1. The third-order valence-corrected chi connectivity index (χ3v) is 7.34. The summed E-state index contributed by atoms with van der Waals surface area (Å²) in [6.45, 7) is 1.96. The number of aryl methyl sites for hydroxylation is 2. The van der Waals surface area contributed by atoms with Gasteiger partial charge in [-0.2, -0.15) is 5.26 Å². The summed E-state index contributed by atoms with van der Waals surface area (Å²) < 4.78 is 1.56. The molecule has 1 saturated carbocycles. The first-order chi connectivity index (χ1) is 17.0. The molecule has 1 N–H and O–H groups in total. The minimum Gasteiger partial charge on any atom is -0.335 e. The van der Waals surface area contributed by atoms with E-state index in [4.69, 9.17) is 5.26 Å². The average molecular weight is 470 g/mol. The van der Waals surface area contributed by atoms with Crippen LogP contribution in [0.3, 0.4) is 0 Å². The highest BCUT2D eigenvalue weighted by Crippen LogP contribution is 2.36. The number of amides is 1. The summed E-state index contributed by atoms with van der Waals surface area (Å²) in [5.41, 5.74) is 3.96. The van der Waals surface area contributed by atoms with Crippen LogP contribution in [0.4, 0.5) is 0 Å². The minimum absolute atomic E-state index is 0.0238. The number of pyridine rings is 2. The SMILES string of the molecule is Cn1ccc(C2CCNC[C@@H]2C(=O)N(Cc2cc(CCC#N)cc3cccnc23)C2CC2)cc1=O. The lowest BCUT2D eigenvalue weighted by Gasteiger charge is -2.36. The van der Waals surface area contributed by atoms with Crippen LogP contribution in [-0.4, -0.2) is 39.5 Å². The van der Waals surface area contributed by atoms with Crippen molar-refractivity contribution in [2.75, 3.05) is 13.1 Å². The van der Waals surface area contributed by atoms with Gasteiger partial charge in [-0.3, -0.25) is 14.6 Å². The standard InChI is InChI=1S/C28H31N5O2/c1-32-13-9-20(16-26(32)34)24-8-12-30-17-25(24)28(35)33(23-6-7-23)18-22-15-19(4-2-10-29)14-21-5-3-11-31-27(21)22/h3,5,9,11,13-16,23-25,30H,2,4,6-8,12,17-18H2,1H3/t24?,25-/m0/s1. The minimum atomic E-state index is -0.211. The number of carbonyl (C=O) groups is 1. The first-order valence-corrected chi connectivity index (χ1v) is 12.5. The normalized spacial score (nSPS) is 19.9. The zero-order valence-corrected chi connectivity index (χ0v) is 20.1. The summed E-state index contributed by atoms with van der Waals surface area (Å²) in [7, 11) is 1.75. The van der Waals surface area contributed by atoms with Crippen molar-refractivity contribution in [2.24, 2.45) is 13.0 Å². The summed E-state index contributed by atoms with van der Waals surface area (Å²) in [5, 5.41) is 13.5. The number of hydrogen-bond acceptors (Lipinski definition) is 5. The molecule has 1 amide bonds. The molecule has 2 atom stereocenters. The van der Waals surface area contributed by atoms with E-state index in [1.165, 1.54) is 0 Å². The van der Waals surface area contributed by atoms with E-state index in [-0.39, 0.29) is 29.3 Å². The fraction of sp³-hybridized carbons (Fsp3) is 0.429. The first kappa shape index (κ1) is 23.3. The van der Waals surface area contributed by atoms with E-state index in [1.54, 1.807) is 30.1 Å². The van der Waals surface area contributed by atoms with Crippen molar-refractivity contribution in [3.8, 4) is 6.07 Å². The maximum atomic E-state index is 14.1. The molecule has 3 heterocycles. The maximum Gasteiger partial charge on any atom is 0.250 e. The molecule has 7 nitrogen and oxygen atoms in total. The van der Waals surface area contributed by atoms with Crippen LogP contribution < -0.4 is 10.9 Å². The molecule has 1 aliphatic carbocycles. The number of piperidine rings is 1. The van der Waals surface area contributed by atoms with Gasteiger partial charge in [-0.05, 0) is 73.0 Å². The number of nitrogens with zero attached hydrogens (tertiary/aromatic N) is 4. The van der Waals surface area contributed by atoms with Gasteiger partial charge in [-0.1, -0.05) is 12.1 Å². The molecule has 5 rings (SSSR count). The Kier molecular flexibility index (Phi) is 6.65. The molecular formula is C28H31N5O2. The predicted octanol–water partition coefficient (Wildman–Crippen LogP) is 3.27. The molecule has 1 aromatic carbocycles. The Morgan fingerprint density at radius 2 is 2.11 bits per heavy atom. The second kappa shape index (κ2) is 10.0. The summed E-state index contributed by atoms with van der Waals surface area (Å²) in [4.78, 5) is 33.0. The van der Waals surface area contributed by atoms with Crippen LogP contribution in [0.1, 0.15) is 48.3 Å². The number of hydrogen-bond donors (Lipinski definition) is 1. The van der Waals surface area contributed by atoms with Gasteiger partial charge < -0.3 is 14.8 Å². The molecule has 0 spiro atoms. The van der Waals surface area contributed by atoms with Gasteiger partial charge >= 0.3 is 0 Å². The Morgan fingerprint density at radius 3 is 2.89 bits per heavy atom. The molecule has 1 unspecified atom stereocenters. The molecule has 7 heteroatoms. The first-order valence-electron chi connectivity index (χ1n) is 12.5. The largest absolute Gasteiger partial charge is 0.335 e. The third kappa shape index (κ3) is 4.98. The zero-order chi connectivity index (χ0) is 24.4. The Labute approximate surface area is 205 Å². The molecule has 1 aliphatic heterocycles. The Hall–Kier alpha value is -3.50. The van der Waals surface area contributed by atoms with Gasteiger partial charge in [0, 0.05) is 56.4 Å². The number of aromatic nitrogens is 2. The van der Waals surface area contributed by atoms with E-state index in [0.29, 0.717) is 25.9 Å². The quantitative estimate of drug-likeness (QED) is 0.574. The Balaban J connectivity index is 1.46. The van der Waals surface area contributed by atoms with E-state index in [0.717, 1.165) is 53.4 Å². The zero-order valence-electron chi connectivity index (χ0n) is 20.1. The van der Waals surface area contributed by atoms with Crippen molar-refractivity contribution in [2.45, 2.75) is 50.6 Å². The van der Waals surface area contributed by atoms with Crippen LogP contribution in [0.25, 0.3) is 10.9 Å². The van der Waals surface area contributed by atoms with E-state index in [1.807, 2.05) is 23.1 Å². The van der Waals surface area contributed by atoms with Gasteiger partial charge in [0.15, 0.2) is 0 Å². The maximum absolute atomic E-state index is 14.1. The second-order valence-corrected chi connectivity index (χ2v) is 9.80. The van der Waals surface area contributed by atoms with Gasteiger partial charge in [0.2, 0.25) is 5.91 Å². The van der Waals surface area contributed by atoms with Crippen molar-refractivity contribution in [1.82, 2.24) is 19.8 Å². The highest BCUT2D eigenvalue weighted by Gasteiger charge is 2.40. The van der Waals surface area contributed by atoms with Gasteiger partial charge in [-0.15, -0.1) is 0 Å². The molecule has 180 valence electrons. The van der Waals surface area contributed by atoms with Crippen molar-refractivity contribution in [3.63, 3.8) is 0 Å². The van der Waals surface area contributed by atoms with Gasteiger partial charge in [0.05, 0.1) is 17.5 Å². The van der Waals surface area contributed by atoms with Gasteiger partial charge in [0.25, 0.3) is 5.56 Å². The monoisotopic (exact) mass is 469 g/mol. The van der Waals surface area contributed by atoms with Crippen LogP contribution in [0.5, 0.6) is 0 Å². The molecular weight excluding hydrogens is 438 g/mol. The summed E-state index contributed by atoms with van der Waals surface area (Å²) in [6, 6.07) is 14.3. The molecule has 35 heavy (non-hydrogen) atoms. The summed E-state index contributed by atoms with van der Waals surface area (Å²) in [5.74, 6) is -0.0370. The topological polar surface area (TPSA) is 91.0 Å². The lowest BCUT2D eigenvalue weighted by Crippen LogP contribution is -2.47. The van der Waals surface area contributed by atoms with E-state index >= 15 is 0 Å². The molecule has 0 bridgehead atoms. The lowest BCUT2D eigenvalue weighted by atomic mass is 9.80. The van der Waals surface area contributed by atoms with Crippen molar-refractivity contribution in [3.05, 3.63) is 75.8 Å². The second-order valence-electron chi connectivity index (χ2n) is 9.80. The fourth-order valence-electron chi connectivity index (χ4n) is 5.28. The number of nitrogens with one attached hydrogen (secondary N) is 1. The van der Waals surface area contributed by atoms with Crippen LogP contribution in [0, 0.1) is 17.2 Å². The van der Waals surface area contributed by atoms with Gasteiger partial charge in [0.1, 0.15) is 0 Å². The van der Waals surface area contributed by atoms with Crippen LogP contribution in [0.15, 0.2) is 53.6 Å². The molecule has 0 radical (unpaired) electrons. The van der Waals surface area contributed by atoms with Crippen molar-refractivity contribution in [1.29, 1.82) is 5.26 Å². The van der Waals surface area contributed by atoms with E-state index in [9.17, 15) is 9.59 Å². The fourth-order valence-corrected chi connectivity index (χ4v) is 5.28. The van der Waals surface area contributed by atoms with E-state index in [2.05, 4.69) is 28.5 Å². The molecule has 2 aliphatic rings. The van der Waals surface area contributed by atoms with Gasteiger partial charge in [-0.25, -0.2) is 0 Å². The summed E-state index contributed by atoms with van der Waals surface area (Å²) in [6.07, 6.45) is 7.59. The number of carbonyl (C=O) groups excluding carboxylic acids is 1. The highest BCUT2D eigenvalue weighted by molar-refractivity contribution is 5.84. The molecule has 2 aromatic heterocycles. The average Bonchev–Trinajstić information content (AvgIpc) is 3.72. The molecule has 3 aromatic rings. The summed E-state index contributed by atoms with van der Waals surface area (Å²) >= 11 is 0.